The van der Waals surface area contributed by atoms with E-state index in [9.17, 15) is 13.6 Å². The van der Waals surface area contributed by atoms with Gasteiger partial charge in [-0.3, -0.25) is 0 Å². The summed E-state index contributed by atoms with van der Waals surface area (Å²) in [5, 5.41) is 0. The SMILES string of the molecule is CCOC(=O)c1c(F)cc(N2CCOCC2)cc1F. The monoisotopic (exact) mass is 271 g/mol. The molecule has 0 radical (unpaired) electrons. The standard InChI is InChI=1S/C13H15F2NO3/c1-2-19-13(17)12-10(14)7-9(8-11(12)15)16-3-5-18-6-4-16/h7-8H,2-6H2,1H3. The third kappa shape index (κ3) is 3.01. The molecule has 1 saturated heterocycles. The van der Waals surface area contributed by atoms with Crippen molar-refractivity contribution in [2.75, 3.05) is 37.8 Å². The summed E-state index contributed by atoms with van der Waals surface area (Å²) >= 11 is 0. The van der Waals surface area contributed by atoms with E-state index in [1.54, 1.807) is 6.92 Å². The van der Waals surface area contributed by atoms with Gasteiger partial charge in [0, 0.05) is 18.8 Å². The Labute approximate surface area is 109 Å². The number of halogens is 2. The highest BCUT2D eigenvalue weighted by Gasteiger charge is 2.22. The Hall–Kier alpha value is -1.69. The van der Waals surface area contributed by atoms with Gasteiger partial charge in [-0.25, -0.2) is 13.6 Å². The minimum atomic E-state index is -0.981. The van der Waals surface area contributed by atoms with Gasteiger partial charge in [-0.1, -0.05) is 0 Å². The number of hydrogen-bond acceptors (Lipinski definition) is 4. The molecule has 19 heavy (non-hydrogen) atoms. The fourth-order valence-electron chi connectivity index (χ4n) is 1.96. The van der Waals surface area contributed by atoms with Gasteiger partial charge in [0.15, 0.2) is 0 Å². The summed E-state index contributed by atoms with van der Waals surface area (Å²) in [6.07, 6.45) is 0. The van der Waals surface area contributed by atoms with Gasteiger partial charge in [-0.05, 0) is 19.1 Å². The number of esters is 1. The summed E-state index contributed by atoms with van der Waals surface area (Å²) in [6, 6.07) is 2.31. The summed E-state index contributed by atoms with van der Waals surface area (Å²) in [7, 11) is 0. The van der Waals surface area contributed by atoms with Crippen LogP contribution < -0.4 is 4.90 Å². The van der Waals surface area contributed by atoms with E-state index in [-0.39, 0.29) is 6.61 Å². The third-order valence-corrected chi connectivity index (χ3v) is 2.88. The topological polar surface area (TPSA) is 38.8 Å². The van der Waals surface area contributed by atoms with Gasteiger partial charge >= 0.3 is 5.97 Å². The first-order chi connectivity index (χ1) is 9.13. The molecule has 0 saturated carbocycles. The normalized spacial score (nSPS) is 15.4. The first kappa shape index (κ1) is 13.7. The molecular formula is C13H15F2NO3. The quantitative estimate of drug-likeness (QED) is 0.788. The number of carbonyl (C=O) groups excluding carboxylic acids is 1. The van der Waals surface area contributed by atoms with E-state index in [4.69, 9.17) is 4.74 Å². The molecule has 0 N–H and O–H groups in total. The summed E-state index contributed by atoms with van der Waals surface area (Å²) < 4.78 is 37.5. The first-order valence-electron chi connectivity index (χ1n) is 6.12. The molecule has 2 rings (SSSR count). The maximum absolute atomic E-state index is 13.8. The Bertz CT molecular complexity index is 450. The zero-order valence-electron chi connectivity index (χ0n) is 10.6. The Morgan fingerprint density at radius 1 is 1.32 bits per heavy atom. The van der Waals surface area contributed by atoms with E-state index in [0.717, 1.165) is 12.1 Å². The van der Waals surface area contributed by atoms with Gasteiger partial charge in [-0.15, -0.1) is 0 Å². The van der Waals surface area contributed by atoms with Gasteiger partial charge in [0.25, 0.3) is 0 Å². The van der Waals surface area contributed by atoms with Crippen LogP contribution in [0, 0.1) is 11.6 Å². The van der Waals surface area contributed by atoms with Crippen LogP contribution in [0.5, 0.6) is 0 Å². The Balaban J connectivity index is 2.27. The molecule has 6 heteroatoms. The van der Waals surface area contributed by atoms with Gasteiger partial charge in [0.2, 0.25) is 0 Å². The van der Waals surface area contributed by atoms with E-state index < -0.39 is 23.2 Å². The minimum Gasteiger partial charge on any atom is -0.462 e. The lowest BCUT2D eigenvalue weighted by Gasteiger charge is -2.29. The second-order valence-electron chi connectivity index (χ2n) is 4.10. The average molecular weight is 271 g/mol. The van der Waals surface area contributed by atoms with Crippen molar-refractivity contribution < 1.29 is 23.0 Å². The van der Waals surface area contributed by atoms with Crippen LogP contribution in [0.3, 0.4) is 0 Å². The molecule has 0 aromatic heterocycles. The van der Waals surface area contributed by atoms with Crippen molar-refractivity contribution in [3.63, 3.8) is 0 Å². The van der Waals surface area contributed by atoms with E-state index in [2.05, 4.69) is 4.74 Å². The predicted molar refractivity (Wildman–Crippen MR) is 65.3 cm³/mol. The van der Waals surface area contributed by atoms with Crippen LogP contribution in [0.4, 0.5) is 14.5 Å². The van der Waals surface area contributed by atoms with Crippen LogP contribution in [-0.4, -0.2) is 38.9 Å². The highest BCUT2D eigenvalue weighted by Crippen LogP contribution is 2.23. The van der Waals surface area contributed by atoms with Gasteiger partial charge in [-0.2, -0.15) is 0 Å². The molecule has 0 aliphatic carbocycles. The van der Waals surface area contributed by atoms with E-state index in [1.807, 2.05) is 4.90 Å². The second kappa shape index (κ2) is 5.97. The first-order valence-corrected chi connectivity index (χ1v) is 6.12. The maximum atomic E-state index is 13.8. The number of nitrogens with zero attached hydrogens (tertiary/aromatic N) is 1. The lowest BCUT2D eigenvalue weighted by Crippen LogP contribution is -2.36. The summed E-state index contributed by atoms with van der Waals surface area (Å²) in [4.78, 5) is 13.2. The molecule has 0 amide bonds. The Morgan fingerprint density at radius 3 is 2.42 bits per heavy atom. The van der Waals surface area contributed by atoms with Crippen molar-refractivity contribution in [1.29, 1.82) is 0 Å². The predicted octanol–water partition coefficient (Wildman–Crippen LogP) is 1.98. The van der Waals surface area contributed by atoms with E-state index >= 15 is 0 Å². The molecule has 1 aliphatic rings. The van der Waals surface area contributed by atoms with Crippen LogP contribution in [0.2, 0.25) is 0 Å². The minimum absolute atomic E-state index is 0.0723. The number of morpholine rings is 1. The molecule has 1 aromatic rings. The molecule has 0 spiro atoms. The molecule has 1 aliphatic heterocycles. The van der Waals surface area contributed by atoms with Crippen molar-refractivity contribution in [3.8, 4) is 0 Å². The van der Waals surface area contributed by atoms with Crippen LogP contribution in [0.15, 0.2) is 12.1 Å². The van der Waals surface area contributed by atoms with Crippen LogP contribution in [0.1, 0.15) is 17.3 Å². The number of anilines is 1. The number of carbonyl (C=O) groups is 1. The van der Waals surface area contributed by atoms with E-state index in [0.29, 0.717) is 32.0 Å². The lowest BCUT2D eigenvalue weighted by atomic mass is 10.1. The van der Waals surface area contributed by atoms with Gasteiger partial charge < -0.3 is 14.4 Å². The zero-order valence-corrected chi connectivity index (χ0v) is 10.6. The molecule has 104 valence electrons. The van der Waals surface area contributed by atoms with Crippen molar-refractivity contribution in [2.45, 2.75) is 6.92 Å². The lowest BCUT2D eigenvalue weighted by molar-refractivity contribution is 0.0515. The fraction of sp³-hybridized carbons (Fsp3) is 0.462. The summed E-state index contributed by atoms with van der Waals surface area (Å²) in [5.41, 5.74) is -0.231. The van der Waals surface area contributed by atoms with Crippen molar-refractivity contribution in [1.82, 2.24) is 0 Å². The largest absolute Gasteiger partial charge is 0.462 e. The molecule has 1 fully saturated rings. The van der Waals surface area contributed by atoms with Gasteiger partial charge in [0.1, 0.15) is 17.2 Å². The summed E-state index contributed by atoms with van der Waals surface area (Å²) in [6.45, 7) is 3.82. The molecule has 0 atom stereocenters. The Morgan fingerprint density at radius 2 is 1.89 bits per heavy atom. The molecular weight excluding hydrogens is 256 g/mol. The fourth-order valence-corrected chi connectivity index (χ4v) is 1.96. The number of ether oxygens (including phenoxy) is 2. The third-order valence-electron chi connectivity index (χ3n) is 2.88. The number of hydrogen-bond donors (Lipinski definition) is 0. The van der Waals surface area contributed by atoms with Crippen molar-refractivity contribution in [2.24, 2.45) is 0 Å². The summed E-state index contributed by atoms with van der Waals surface area (Å²) in [5.74, 6) is -2.79. The zero-order chi connectivity index (χ0) is 13.8. The van der Waals surface area contributed by atoms with Crippen molar-refractivity contribution >= 4 is 11.7 Å². The number of benzene rings is 1. The van der Waals surface area contributed by atoms with Crippen LogP contribution >= 0.6 is 0 Å². The smallest absolute Gasteiger partial charge is 0.344 e. The van der Waals surface area contributed by atoms with E-state index in [1.165, 1.54) is 0 Å². The molecule has 0 unspecified atom stereocenters. The Kier molecular flexibility index (Phi) is 4.31. The maximum Gasteiger partial charge on any atom is 0.344 e. The average Bonchev–Trinajstić information content (AvgIpc) is 2.39. The van der Waals surface area contributed by atoms with Crippen molar-refractivity contribution in [3.05, 3.63) is 29.3 Å². The van der Waals surface area contributed by atoms with Gasteiger partial charge in [0.05, 0.1) is 19.8 Å². The molecule has 1 heterocycles. The highest BCUT2D eigenvalue weighted by atomic mass is 19.1. The molecule has 4 nitrogen and oxygen atoms in total. The molecule has 1 aromatic carbocycles. The number of rotatable bonds is 3. The van der Waals surface area contributed by atoms with Crippen LogP contribution in [-0.2, 0) is 9.47 Å². The van der Waals surface area contributed by atoms with Crippen LogP contribution in [0.25, 0.3) is 0 Å². The molecule has 0 bridgehead atoms. The second-order valence-corrected chi connectivity index (χ2v) is 4.10. The highest BCUT2D eigenvalue weighted by molar-refractivity contribution is 5.90.